The Kier molecular flexibility index (Phi) is 9.95. The monoisotopic (exact) mass is 613 g/mol. The molecule has 0 radical (unpaired) electrons. The van der Waals surface area contributed by atoms with E-state index in [1.165, 1.54) is 11.1 Å². The average molecular weight is 614 g/mol. The van der Waals surface area contributed by atoms with Gasteiger partial charge in [0.05, 0.1) is 29.8 Å². The lowest BCUT2D eigenvalue weighted by Crippen LogP contribution is -2.18. The second-order valence-electron chi connectivity index (χ2n) is 12.1. The summed E-state index contributed by atoms with van der Waals surface area (Å²) in [5.41, 5.74) is 5.42. The van der Waals surface area contributed by atoms with E-state index in [1.54, 1.807) is 0 Å². The van der Waals surface area contributed by atoms with Crippen LogP contribution in [0.3, 0.4) is 0 Å². The first-order chi connectivity index (χ1) is 20.6. The largest absolute Gasteiger partial charge is 0.466 e. The van der Waals surface area contributed by atoms with E-state index in [2.05, 4.69) is 42.5 Å². The van der Waals surface area contributed by atoms with Gasteiger partial charge in [0, 0.05) is 21.4 Å². The number of halogens is 1. The van der Waals surface area contributed by atoms with Crippen LogP contribution in [0, 0.1) is 5.41 Å². The molecule has 1 aliphatic rings. The van der Waals surface area contributed by atoms with Crippen molar-refractivity contribution in [2.24, 2.45) is 5.41 Å². The third kappa shape index (κ3) is 8.50. The smallest absolute Gasteiger partial charge is 0.306 e. The molecule has 1 aliphatic carbocycles. The first-order valence-corrected chi connectivity index (χ1v) is 16.5. The maximum atomic E-state index is 12.3. The summed E-state index contributed by atoms with van der Waals surface area (Å²) in [6.45, 7) is 5.98. The number of aryl methyl sites for hydroxylation is 1. The first-order valence-electron chi connectivity index (χ1n) is 15.1. The zero-order valence-electron chi connectivity index (χ0n) is 25.2. The molecule has 5 rings (SSSR count). The SMILES string of the molecule is CCOC(=O)CC1(CS[C@H](CCc2ccccc2C(C)(C)O)c2cccc(/C=C/c3ccc4ccc(Cl)cc4n3)c2)CC1. The molecular formula is C37H40ClNO3S. The fourth-order valence-corrected chi connectivity index (χ4v) is 7.29. The highest BCUT2D eigenvalue weighted by Crippen LogP contribution is 2.53. The molecule has 1 atom stereocenters. The van der Waals surface area contributed by atoms with Gasteiger partial charge in [-0.3, -0.25) is 4.79 Å². The van der Waals surface area contributed by atoms with Gasteiger partial charge in [-0.15, -0.1) is 0 Å². The average Bonchev–Trinajstić information content (AvgIpc) is 3.74. The van der Waals surface area contributed by atoms with Crippen LogP contribution in [0.5, 0.6) is 0 Å². The van der Waals surface area contributed by atoms with Gasteiger partial charge in [-0.05, 0) is 98.4 Å². The third-order valence-electron chi connectivity index (χ3n) is 8.13. The number of nitrogens with zero attached hydrogens (tertiary/aromatic N) is 1. The Morgan fingerprint density at radius 2 is 1.86 bits per heavy atom. The summed E-state index contributed by atoms with van der Waals surface area (Å²) in [6.07, 6.45) is 8.56. The van der Waals surface area contributed by atoms with Crippen molar-refractivity contribution in [2.45, 2.75) is 63.7 Å². The van der Waals surface area contributed by atoms with Crippen molar-refractivity contribution < 1.29 is 14.6 Å². The highest BCUT2D eigenvalue weighted by molar-refractivity contribution is 7.99. The van der Waals surface area contributed by atoms with Gasteiger partial charge >= 0.3 is 5.97 Å². The Hall–Kier alpha value is -3.12. The fourth-order valence-electron chi connectivity index (χ4n) is 5.56. The van der Waals surface area contributed by atoms with Crippen molar-refractivity contribution in [3.8, 4) is 0 Å². The summed E-state index contributed by atoms with van der Waals surface area (Å²) >= 11 is 8.13. The normalized spacial score (nSPS) is 15.1. The minimum atomic E-state index is -0.899. The number of hydrogen-bond donors (Lipinski definition) is 1. The molecule has 0 unspecified atom stereocenters. The Balaban J connectivity index is 1.36. The predicted octanol–water partition coefficient (Wildman–Crippen LogP) is 9.43. The van der Waals surface area contributed by atoms with Crippen LogP contribution >= 0.6 is 23.4 Å². The minimum absolute atomic E-state index is 0.0440. The topological polar surface area (TPSA) is 59.4 Å². The van der Waals surface area contributed by atoms with E-state index in [0.717, 1.165) is 59.2 Å². The van der Waals surface area contributed by atoms with Crippen molar-refractivity contribution in [3.05, 3.63) is 112 Å². The van der Waals surface area contributed by atoms with E-state index in [9.17, 15) is 9.90 Å². The summed E-state index contributed by atoms with van der Waals surface area (Å²) in [5.74, 6) is 0.834. The Morgan fingerprint density at radius 1 is 1.07 bits per heavy atom. The lowest BCUT2D eigenvalue weighted by Gasteiger charge is -2.24. The molecule has 1 saturated carbocycles. The molecule has 0 spiro atoms. The molecule has 43 heavy (non-hydrogen) atoms. The van der Waals surface area contributed by atoms with Crippen LogP contribution in [-0.2, 0) is 21.6 Å². The molecule has 0 saturated heterocycles. The number of pyridine rings is 1. The molecule has 0 aliphatic heterocycles. The van der Waals surface area contributed by atoms with Crippen LogP contribution in [0.1, 0.15) is 79.7 Å². The van der Waals surface area contributed by atoms with Gasteiger partial charge in [0.25, 0.3) is 0 Å². The molecule has 0 bridgehead atoms. The number of hydrogen-bond acceptors (Lipinski definition) is 5. The maximum Gasteiger partial charge on any atom is 0.306 e. The van der Waals surface area contributed by atoms with Gasteiger partial charge in [0.1, 0.15) is 0 Å². The third-order valence-corrected chi connectivity index (χ3v) is 10.1. The maximum absolute atomic E-state index is 12.3. The van der Waals surface area contributed by atoms with Crippen LogP contribution in [0.4, 0.5) is 0 Å². The zero-order chi connectivity index (χ0) is 30.5. The van der Waals surface area contributed by atoms with Crippen LogP contribution in [0.25, 0.3) is 23.1 Å². The number of aliphatic hydroxyl groups is 1. The van der Waals surface area contributed by atoms with Gasteiger partial charge < -0.3 is 9.84 Å². The van der Waals surface area contributed by atoms with Crippen molar-refractivity contribution in [2.75, 3.05) is 12.4 Å². The molecular weight excluding hydrogens is 574 g/mol. The molecule has 4 nitrogen and oxygen atoms in total. The quantitative estimate of drug-likeness (QED) is 0.152. The van der Waals surface area contributed by atoms with E-state index in [0.29, 0.717) is 18.1 Å². The molecule has 4 aromatic rings. The molecule has 1 heterocycles. The van der Waals surface area contributed by atoms with Gasteiger partial charge in [0.2, 0.25) is 0 Å². The Bertz CT molecular complexity index is 1610. The summed E-state index contributed by atoms with van der Waals surface area (Å²) in [6, 6.07) is 26.7. The van der Waals surface area contributed by atoms with Crippen LogP contribution in [0.2, 0.25) is 5.02 Å². The Morgan fingerprint density at radius 3 is 2.63 bits per heavy atom. The summed E-state index contributed by atoms with van der Waals surface area (Å²) in [5, 5.41) is 12.8. The van der Waals surface area contributed by atoms with Gasteiger partial charge in [-0.25, -0.2) is 4.98 Å². The molecule has 224 valence electrons. The van der Waals surface area contributed by atoms with Crippen LogP contribution in [0.15, 0.2) is 78.9 Å². The molecule has 6 heteroatoms. The van der Waals surface area contributed by atoms with Gasteiger partial charge in [0.15, 0.2) is 0 Å². The van der Waals surface area contributed by atoms with E-state index in [1.807, 2.05) is 81.1 Å². The summed E-state index contributed by atoms with van der Waals surface area (Å²) in [7, 11) is 0. The van der Waals surface area contributed by atoms with Gasteiger partial charge in [-0.1, -0.05) is 78.3 Å². The van der Waals surface area contributed by atoms with E-state index in [4.69, 9.17) is 21.3 Å². The van der Waals surface area contributed by atoms with Crippen molar-refractivity contribution in [1.29, 1.82) is 0 Å². The number of benzene rings is 3. The van der Waals surface area contributed by atoms with Gasteiger partial charge in [-0.2, -0.15) is 11.8 Å². The van der Waals surface area contributed by atoms with Crippen molar-refractivity contribution in [3.63, 3.8) is 0 Å². The lowest BCUT2D eigenvalue weighted by atomic mass is 9.90. The standard InChI is InChI=1S/C37H40ClNO3S/c1-4-42-35(40)24-37(20-21-37)25-43-34(19-15-27-9-5-6-11-32(27)36(2,3)41)29-10-7-8-26(22-29)12-17-31-18-14-28-13-16-30(38)23-33(28)39-31/h5-14,16-18,22-23,34,41H,4,15,19-21,24-25H2,1-3H3/b17-12+/t34-/m1/s1. The van der Waals surface area contributed by atoms with Crippen molar-refractivity contribution in [1.82, 2.24) is 4.98 Å². The predicted molar refractivity (Wildman–Crippen MR) is 180 cm³/mol. The number of esters is 1. The van der Waals surface area contributed by atoms with Crippen LogP contribution in [-0.4, -0.2) is 28.4 Å². The second-order valence-corrected chi connectivity index (χ2v) is 13.7. The zero-order valence-corrected chi connectivity index (χ0v) is 26.8. The Labute approximate surface area is 264 Å². The number of rotatable bonds is 13. The highest BCUT2D eigenvalue weighted by Gasteiger charge is 2.45. The molecule has 1 aromatic heterocycles. The second kappa shape index (κ2) is 13.7. The molecule has 1 N–H and O–H groups in total. The number of aromatic nitrogens is 1. The van der Waals surface area contributed by atoms with E-state index in [-0.39, 0.29) is 16.6 Å². The van der Waals surface area contributed by atoms with E-state index >= 15 is 0 Å². The lowest BCUT2D eigenvalue weighted by molar-refractivity contribution is -0.144. The summed E-state index contributed by atoms with van der Waals surface area (Å²) < 4.78 is 5.28. The molecule has 1 fully saturated rings. The highest BCUT2D eigenvalue weighted by atomic mass is 35.5. The molecule has 0 amide bonds. The number of ether oxygens (including phenoxy) is 1. The van der Waals surface area contributed by atoms with E-state index < -0.39 is 5.60 Å². The number of carbonyl (C=O) groups excluding carboxylic acids is 1. The fraction of sp³-hybridized carbons (Fsp3) is 0.351. The molecule has 3 aromatic carbocycles. The van der Waals surface area contributed by atoms with Crippen LogP contribution < -0.4 is 0 Å². The number of thioether (sulfide) groups is 1. The summed E-state index contributed by atoms with van der Waals surface area (Å²) in [4.78, 5) is 17.1. The first kappa shape index (κ1) is 31.3. The number of fused-ring (bicyclic) bond motifs is 1. The minimum Gasteiger partial charge on any atom is -0.466 e. The van der Waals surface area contributed by atoms with Crippen molar-refractivity contribution >= 4 is 52.4 Å². The number of carbonyl (C=O) groups is 1.